The maximum atomic E-state index is 13.4. The lowest BCUT2D eigenvalue weighted by atomic mass is 9.97. The highest BCUT2D eigenvalue weighted by Gasteiger charge is 2.36. The van der Waals surface area contributed by atoms with E-state index in [2.05, 4.69) is 32.2 Å². The third-order valence-electron chi connectivity index (χ3n) is 4.36. The van der Waals surface area contributed by atoms with E-state index in [1.807, 2.05) is 32.9 Å². The van der Waals surface area contributed by atoms with Crippen LogP contribution in [0.2, 0.25) is 0 Å². The van der Waals surface area contributed by atoms with Crippen LogP contribution < -0.4 is 4.74 Å². The summed E-state index contributed by atoms with van der Waals surface area (Å²) in [5, 5.41) is 7.09. The van der Waals surface area contributed by atoms with Gasteiger partial charge >= 0.3 is 0 Å². The van der Waals surface area contributed by atoms with Crippen LogP contribution in [0.25, 0.3) is 0 Å². The lowest BCUT2D eigenvalue weighted by Crippen LogP contribution is -2.20. The number of halogens is 1. The van der Waals surface area contributed by atoms with Gasteiger partial charge in [-0.1, -0.05) is 12.1 Å². The molecule has 0 amide bonds. The second-order valence-electron chi connectivity index (χ2n) is 6.80. The lowest BCUT2D eigenvalue weighted by molar-refractivity contribution is 0.242. The van der Waals surface area contributed by atoms with E-state index in [0.29, 0.717) is 0 Å². The van der Waals surface area contributed by atoms with Gasteiger partial charge in [-0.25, -0.2) is 4.98 Å². The summed E-state index contributed by atoms with van der Waals surface area (Å²) in [5.41, 5.74) is 1.20. The van der Waals surface area contributed by atoms with E-state index in [-0.39, 0.29) is 24.6 Å². The first kappa shape index (κ1) is 16.9. The van der Waals surface area contributed by atoms with Crippen LogP contribution in [0.15, 0.2) is 24.3 Å². The van der Waals surface area contributed by atoms with Crippen LogP contribution in [0, 0.1) is 12.8 Å². The van der Waals surface area contributed by atoms with Gasteiger partial charge in [-0.15, -0.1) is 0 Å². The smallest absolute Gasteiger partial charge is 0.155 e. The maximum absolute atomic E-state index is 13.4. The molecular weight excluding hydrogens is 307 g/mol. The molecule has 130 valence electrons. The van der Waals surface area contributed by atoms with Crippen LogP contribution in [0.5, 0.6) is 5.75 Å². The van der Waals surface area contributed by atoms with Gasteiger partial charge in [0.05, 0.1) is 12.8 Å². The fourth-order valence-corrected chi connectivity index (χ4v) is 3.27. The molecule has 2 heterocycles. The number of rotatable bonds is 6. The summed E-state index contributed by atoms with van der Waals surface area (Å²) in [6.07, 6.45) is 0.172. The van der Waals surface area contributed by atoms with Gasteiger partial charge in [0.25, 0.3) is 0 Å². The van der Waals surface area contributed by atoms with E-state index in [9.17, 15) is 4.39 Å². The van der Waals surface area contributed by atoms with Crippen LogP contribution in [-0.4, -0.2) is 45.9 Å². The van der Waals surface area contributed by atoms with Gasteiger partial charge in [0.1, 0.15) is 11.6 Å². The molecule has 2 atom stereocenters. The number of aromatic amines is 1. The third-order valence-corrected chi connectivity index (χ3v) is 4.36. The van der Waals surface area contributed by atoms with E-state index in [0.717, 1.165) is 37.0 Å². The quantitative estimate of drug-likeness (QED) is 0.883. The Bertz CT molecular complexity index is 655. The Kier molecular flexibility index (Phi) is 5.14. The summed E-state index contributed by atoms with van der Waals surface area (Å²) < 4.78 is 19.1. The SMILES string of the molecule is Cc1nc(C2CN(Cc3ccc(OC(C)C)cc3)CC2CF)n[nH]1. The summed E-state index contributed by atoms with van der Waals surface area (Å²) in [6.45, 7) is 7.89. The van der Waals surface area contributed by atoms with Crippen molar-refractivity contribution in [3.8, 4) is 5.75 Å². The Morgan fingerprint density at radius 3 is 2.62 bits per heavy atom. The van der Waals surface area contributed by atoms with Gasteiger partial charge in [0.15, 0.2) is 5.82 Å². The van der Waals surface area contributed by atoms with Crippen LogP contribution in [-0.2, 0) is 6.54 Å². The molecule has 0 saturated carbocycles. The average Bonchev–Trinajstić information content (AvgIpc) is 3.14. The Hall–Kier alpha value is -1.95. The first-order valence-electron chi connectivity index (χ1n) is 8.48. The number of H-pyrrole nitrogens is 1. The van der Waals surface area contributed by atoms with Crippen molar-refractivity contribution >= 4 is 0 Å². The molecule has 2 unspecified atom stereocenters. The fourth-order valence-electron chi connectivity index (χ4n) is 3.27. The van der Waals surface area contributed by atoms with E-state index in [1.54, 1.807) is 0 Å². The van der Waals surface area contributed by atoms with Crippen molar-refractivity contribution in [1.29, 1.82) is 0 Å². The first-order chi connectivity index (χ1) is 11.5. The van der Waals surface area contributed by atoms with Gasteiger partial charge in [-0.3, -0.25) is 14.4 Å². The first-order valence-corrected chi connectivity index (χ1v) is 8.48. The number of benzene rings is 1. The molecule has 1 aromatic heterocycles. The van der Waals surface area contributed by atoms with E-state index in [1.165, 1.54) is 5.56 Å². The number of nitrogens with one attached hydrogen (secondary N) is 1. The molecule has 3 rings (SSSR count). The largest absolute Gasteiger partial charge is 0.491 e. The number of hydrogen-bond donors (Lipinski definition) is 1. The zero-order chi connectivity index (χ0) is 17.1. The monoisotopic (exact) mass is 332 g/mol. The number of ether oxygens (including phenoxy) is 1. The second kappa shape index (κ2) is 7.30. The molecule has 24 heavy (non-hydrogen) atoms. The van der Waals surface area contributed by atoms with Crippen molar-refractivity contribution in [2.24, 2.45) is 5.92 Å². The zero-order valence-electron chi connectivity index (χ0n) is 14.5. The Morgan fingerprint density at radius 1 is 1.29 bits per heavy atom. The highest BCUT2D eigenvalue weighted by molar-refractivity contribution is 5.27. The van der Waals surface area contributed by atoms with Crippen molar-refractivity contribution in [3.63, 3.8) is 0 Å². The van der Waals surface area contributed by atoms with Crippen molar-refractivity contribution in [3.05, 3.63) is 41.5 Å². The van der Waals surface area contributed by atoms with Crippen LogP contribution in [0.3, 0.4) is 0 Å². The number of aromatic nitrogens is 3. The van der Waals surface area contributed by atoms with Gasteiger partial charge in [0, 0.05) is 31.5 Å². The zero-order valence-corrected chi connectivity index (χ0v) is 14.5. The van der Waals surface area contributed by atoms with Crippen molar-refractivity contribution in [2.75, 3.05) is 19.8 Å². The summed E-state index contributed by atoms with van der Waals surface area (Å²) in [4.78, 5) is 6.67. The minimum absolute atomic E-state index is 0.0382. The molecule has 1 aromatic carbocycles. The molecule has 6 heteroatoms. The Labute approximate surface area is 142 Å². The summed E-state index contributed by atoms with van der Waals surface area (Å²) in [7, 11) is 0. The molecule has 0 aliphatic carbocycles. The third kappa shape index (κ3) is 3.93. The minimum Gasteiger partial charge on any atom is -0.491 e. The standard InChI is InChI=1S/C18H25FN4O/c1-12(2)24-16-6-4-14(5-7-16)9-23-10-15(8-19)17(11-23)18-20-13(3)21-22-18/h4-7,12,15,17H,8-11H2,1-3H3,(H,20,21,22). The summed E-state index contributed by atoms with van der Waals surface area (Å²) >= 11 is 0. The molecule has 5 nitrogen and oxygen atoms in total. The highest BCUT2D eigenvalue weighted by Crippen LogP contribution is 2.32. The number of alkyl halides is 1. The predicted molar refractivity (Wildman–Crippen MR) is 90.8 cm³/mol. The van der Waals surface area contributed by atoms with Gasteiger partial charge in [-0.2, -0.15) is 5.10 Å². The average molecular weight is 332 g/mol. The number of nitrogens with zero attached hydrogens (tertiary/aromatic N) is 3. The molecule has 0 bridgehead atoms. The summed E-state index contributed by atoms with van der Waals surface area (Å²) in [6, 6.07) is 8.14. The van der Waals surface area contributed by atoms with Crippen LogP contribution in [0.1, 0.15) is 37.0 Å². The van der Waals surface area contributed by atoms with Gasteiger partial charge < -0.3 is 4.74 Å². The second-order valence-corrected chi connectivity index (χ2v) is 6.80. The predicted octanol–water partition coefficient (Wildman–Crippen LogP) is 3.09. The van der Waals surface area contributed by atoms with Crippen LogP contribution in [0.4, 0.5) is 4.39 Å². The Morgan fingerprint density at radius 2 is 2.04 bits per heavy atom. The normalized spacial score (nSPS) is 21.5. The number of likely N-dealkylation sites (tertiary alicyclic amines) is 1. The molecule has 1 fully saturated rings. The number of aryl methyl sites for hydroxylation is 1. The van der Waals surface area contributed by atoms with Gasteiger partial charge in [0.2, 0.25) is 0 Å². The molecule has 1 aliphatic heterocycles. The van der Waals surface area contributed by atoms with Crippen molar-refractivity contribution < 1.29 is 9.13 Å². The molecule has 1 aliphatic rings. The molecule has 0 spiro atoms. The lowest BCUT2D eigenvalue weighted by Gasteiger charge is -2.16. The van der Waals surface area contributed by atoms with Gasteiger partial charge in [-0.05, 0) is 38.5 Å². The van der Waals surface area contributed by atoms with E-state index in [4.69, 9.17) is 4.74 Å². The highest BCUT2D eigenvalue weighted by atomic mass is 19.1. The molecule has 2 aromatic rings. The number of hydrogen-bond acceptors (Lipinski definition) is 4. The van der Waals surface area contributed by atoms with Crippen molar-refractivity contribution in [2.45, 2.75) is 39.3 Å². The fraction of sp³-hybridized carbons (Fsp3) is 0.556. The molecule has 0 radical (unpaired) electrons. The Balaban J connectivity index is 1.63. The summed E-state index contributed by atoms with van der Waals surface area (Å²) in [5.74, 6) is 2.42. The van der Waals surface area contributed by atoms with E-state index >= 15 is 0 Å². The molecule has 1 saturated heterocycles. The van der Waals surface area contributed by atoms with Crippen LogP contribution >= 0.6 is 0 Å². The minimum atomic E-state index is -0.337. The topological polar surface area (TPSA) is 54.0 Å². The van der Waals surface area contributed by atoms with Crippen molar-refractivity contribution in [1.82, 2.24) is 20.1 Å². The maximum Gasteiger partial charge on any atom is 0.155 e. The molecular formula is C18H25FN4O. The van der Waals surface area contributed by atoms with E-state index < -0.39 is 0 Å². The molecule has 1 N–H and O–H groups in total.